The third kappa shape index (κ3) is 2.96. The standard InChI is InChI=1S/C10H10F3NO2/c11-6-4-8(13)7(12)3-5(6)1-2-9(14)10(15)16/h3-4,9H,1-2,14H2,(H,15,16)/t9-/m0/s1. The highest BCUT2D eigenvalue weighted by Gasteiger charge is 2.14. The topological polar surface area (TPSA) is 63.3 Å². The lowest BCUT2D eigenvalue weighted by Gasteiger charge is -2.07. The Morgan fingerprint density at radius 2 is 1.81 bits per heavy atom. The molecule has 6 heteroatoms. The number of nitrogens with two attached hydrogens (primary N) is 1. The highest BCUT2D eigenvalue weighted by atomic mass is 19.2. The van der Waals surface area contributed by atoms with Gasteiger partial charge in [-0.15, -0.1) is 0 Å². The van der Waals surface area contributed by atoms with Crippen LogP contribution in [0.2, 0.25) is 0 Å². The molecule has 0 unspecified atom stereocenters. The van der Waals surface area contributed by atoms with Crippen LogP contribution in [0.4, 0.5) is 13.2 Å². The number of rotatable bonds is 4. The van der Waals surface area contributed by atoms with Gasteiger partial charge in [0.2, 0.25) is 0 Å². The lowest BCUT2D eigenvalue weighted by molar-refractivity contribution is -0.138. The lowest BCUT2D eigenvalue weighted by atomic mass is 10.0. The molecule has 0 radical (unpaired) electrons. The normalized spacial score (nSPS) is 12.5. The van der Waals surface area contributed by atoms with E-state index in [0.29, 0.717) is 12.1 Å². The van der Waals surface area contributed by atoms with Gasteiger partial charge in [-0.1, -0.05) is 0 Å². The van der Waals surface area contributed by atoms with Crippen molar-refractivity contribution in [2.24, 2.45) is 5.73 Å². The molecule has 0 saturated heterocycles. The predicted molar refractivity (Wildman–Crippen MR) is 50.2 cm³/mol. The summed E-state index contributed by atoms with van der Waals surface area (Å²) in [6, 6.07) is -0.0107. The van der Waals surface area contributed by atoms with E-state index in [1.54, 1.807) is 0 Å². The molecule has 3 nitrogen and oxygen atoms in total. The lowest BCUT2D eigenvalue weighted by Crippen LogP contribution is -2.30. The minimum atomic E-state index is -1.27. The van der Waals surface area contributed by atoms with E-state index >= 15 is 0 Å². The number of halogens is 3. The van der Waals surface area contributed by atoms with E-state index in [1.807, 2.05) is 0 Å². The maximum Gasteiger partial charge on any atom is 0.320 e. The van der Waals surface area contributed by atoms with Gasteiger partial charge in [0, 0.05) is 6.07 Å². The van der Waals surface area contributed by atoms with Crippen molar-refractivity contribution in [3.05, 3.63) is 35.1 Å². The van der Waals surface area contributed by atoms with Crippen molar-refractivity contribution < 1.29 is 23.1 Å². The Kier molecular flexibility index (Phi) is 3.89. The van der Waals surface area contributed by atoms with Crippen molar-refractivity contribution in [3.8, 4) is 0 Å². The summed E-state index contributed by atoms with van der Waals surface area (Å²) in [6.07, 6.45) is -0.103. The fourth-order valence-electron chi connectivity index (χ4n) is 1.19. The number of hydrogen-bond acceptors (Lipinski definition) is 2. The van der Waals surface area contributed by atoms with Crippen molar-refractivity contribution in [1.29, 1.82) is 0 Å². The largest absolute Gasteiger partial charge is 0.480 e. The smallest absolute Gasteiger partial charge is 0.320 e. The summed E-state index contributed by atoms with van der Waals surface area (Å²) in [5, 5.41) is 8.48. The zero-order valence-corrected chi connectivity index (χ0v) is 8.21. The number of carboxylic acid groups (broad SMARTS) is 1. The number of carboxylic acids is 1. The highest BCUT2D eigenvalue weighted by molar-refractivity contribution is 5.73. The van der Waals surface area contributed by atoms with E-state index in [1.165, 1.54) is 0 Å². The van der Waals surface area contributed by atoms with Crippen molar-refractivity contribution in [2.45, 2.75) is 18.9 Å². The van der Waals surface area contributed by atoms with Crippen LogP contribution in [-0.2, 0) is 11.2 Å². The molecule has 0 amide bonds. The van der Waals surface area contributed by atoms with Crippen molar-refractivity contribution in [1.82, 2.24) is 0 Å². The first kappa shape index (κ1) is 12.5. The van der Waals surface area contributed by atoms with Crippen LogP contribution >= 0.6 is 0 Å². The fraction of sp³-hybridized carbons (Fsp3) is 0.300. The molecule has 0 saturated carbocycles. The number of hydrogen-bond donors (Lipinski definition) is 2. The summed E-state index contributed by atoms with van der Waals surface area (Å²) in [4.78, 5) is 10.4. The molecule has 3 N–H and O–H groups in total. The SMILES string of the molecule is N[C@@H](CCc1cc(F)c(F)cc1F)C(=O)O. The summed E-state index contributed by atoms with van der Waals surface area (Å²) in [7, 11) is 0. The van der Waals surface area contributed by atoms with E-state index in [-0.39, 0.29) is 18.4 Å². The van der Waals surface area contributed by atoms with Crippen molar-refractivity contribution >= 4 is 5.97 Å². The van der Waals surface area contributed by atoms with Gasteiger partial charge in [0.25, 0.3) is 0 Å². The molecule has 1 atom stereocenters. The van der Waals surface area contributed by atoms with E-state index in [9.17, 15) is 18.0 Å². The van der Waals surface area contributed by atoms with Crippen LogP contribution in [0.15, 0.2) is 12.1 Å². The molecule has 0 bridgehead atoms. The number of aryl methyl sites for hydroxylation is 1. The Morgan fingerprint density at radius 3 is 2.38 bits per heavy atom. The van der Waals surface area contributed by atoms with Crippen LogP contribution in [0.25, 0.3) is 0 Å². The van der Waals surface area contributed by atoms with Gasteiger partial charge < -0.3 is 10.8 Å². The molecule has 0 heterocycles. The quantitative estimate of drug-likeness (QED) is 0.773. The zero-order valence-electron chi connectivity index (χ0n) is 8.21. The Bertz CT molecular complexity index is 409. The number of carbonyl (C=O) groups is 1. The molecule has 0 aromatic heterocycles. The molecule has 1 rings (SSSR count). The van der Waals surface area contributed by atoms with Crippen LogP contribution in [0, 0.1) is 17.5 Å². The Balaban J connectivity index is 2.74. The van der Waals surface area contributed by atoms with Gasteiger partial charge in [0.15, 0.2) is 11.6 Å². The summed E-state index contributed by atoms with van der Waals surface area (Å²) < 4.78 is 38.4. The van der Waals surface area contributed by atoms with Gasteiger partial charge in [-0.2, -0.15) is 0 Å². The summed E-state index contributed by atoms with van der Waals surface area (Å²) in [6.45, 7) is 0. The van der Waals surface area contributed by atoms with Gasteiger partial charge in [0.1, 0.15) is 11.9 Å². The second kappa shape index (κ2) is 4.98. The highest BCUT2D eigenvalue weighted by Crippen LogP contribution is 2.15. The minimum Gasteiger partial charge on any atom is -0.480 e. The average Bonchev–Trinajstić information content (AvgIpc) is 2.20. The van der Waals surface area contributed by atoms with E-state index < -0.39 is 29.5 Å². The fourth-order valence-corrected chi connectivity index (χ4v) is 1.19. The Morgan fingerprint density at radius 1 is 1.25 bits per heavy atom. The molecule has 1 aromatic rings. The van der Waals surface area contributed by atoms with Crippen LogP contribution in [0.1, 0.15) is 12.0 Å². The number of aliphatic carboxylic acids is 1. The van der Waals surface area contributed by atoms with Crippen molar-refractivity contribution in [2.75, 3.05) is 0 Å². The first-order valence-corrected chi connectivity index (χ1v) is 4.53. The van der Waals surface area contributed by atoms with Gasteiger partial charge in [0.05, 0.1) is 0 Å². The van der Waals surface area contributed by atoms with Gasteiger partial charge >= 0.3 is 5.97 Å². The second-order valence-corrected chi connectivity index (χ2v) is 3.34. The van der Waals surface area contributed by atoms with Crippen LogP contribution in [-0.4, -0.2) is 17.1 Å². The molecular weight excluding hydrogens is 223 g/mol. The first-order chi connectivity index (χ1) is 7.41. The molecule has 16 heavy (non-hydrogen) atoms. The second-order valence-electron chi connectivity index (χ2n) is 3.34. The molecule has 0 aliphatic heterocycles. The van der Waals surface area contributed by atoms with E-state index in [4.69, 9.17) is 10.8 Å². The minimum absolute atomic E-state index is 0.0443. The van der Waals surface area contributed by atoms with Gasteiger partial charge in [-0.05, 0) is 24.5 Å². The Labute approximate surface area is 89.7 Å². The maximum absolute atomic E-state index is 13.1. The summed E-state index contributed by atoms with van der Waals surface area (Å²) >= 11 is 0. The Hall–Kier alpha value is -1.56. The van der Waals surface area contributed by atoms with Gasteiger partial charge in [-0.3, -0.25) is 4.79 Å². The number of benzene rings is 1. The molecule has 88 valence electrons. The maximum atomic E-state index is 13.1. The molecule has 0 aliphatic rings. The molecule has 0 aliphatic carbocycles. The third-order valence-corrected chi connectivity index (χ3v) is 2.13. The third-order valence-electron chi connectivity index (χ3n) is 2.13. The van der Waals surface area contributed by atoms with Crippen LogP contribution in [0.3, 0.4) is 0 Å². The molecule has 0 fully saturated rings. The molecule has 0 spiro atoms. The van der Waals surface area contributed by atoms with E-state index in [2.05, 4.69) is 0 Å². The van der Waals surface area contributed by atoms with Crippen LogP contribution < -0.4 is 5.73 Å². The first-order valence-electron chi connectivity index (χ1n) is 4.53. The molecule has 1 aromatic carbocycles. The summed E-state index contributed by atoms with van der Waals surface area (Å²) in [5.74, 6) is -4.57. The predicted octanol–water partition coefficient (Wildman–Crippen LogP) is 1.45. The monoisotopic (exact) mass is 233 g/mol. The average molecular weight is 233 g/mol. The van der Waals surface area contributed by atoms with Crippen molar-refractivity contribution in [3.63, 3.8) is 0 Å². The van der Waals surface area contributed by atoms with Gasteiger partial charge in [-0.25, -0.2) is 13.2 Å². The summed E-state index contributed by atoms with van der Waals surface area (Å²) in [5.41, 5.74) is 5.11. The van der Waals surface area contributed by atoms with Crippen LogP contribution in [0.5, 0.6) is 0 Å². The zero-order chi connectivity index (χ0) is 12.3. The van der Waals surface area contributed by atoms with E-state index in [0.717, 1.165) is 0 Å². The molecular formula is C10H10F3NO2.